The van der Waals surface area contributed by atoms with Gasteiger partial charge in [-0.3, -0.25) is 14.4 Å². The first-order valence-electron chi connectivity index (χ1n) is 12.6. The first kappa shape index (κ1) is 30.4. The van der Waals surface area contributed by atoms with Gasteiger partial charge in [-0.05, 0) is 70.5 Å². The van der Waals surface area contributed by atoms with E-state index in [0.717, 1.165) is 12.1 Å². The molecule has 1 aliphatic rings. The van der Waals surface area contributed by atoms with E-state index < -0.39 is 39.8 Å². The molecule has 2 heterocycles. The number of halogens is 5. The number of carbonyl (C=O) groups excluding carboxylic acids is 2. The van der Waals surface area contributed by atoms with Crippen LogP contribution in [0.1, 0.15) is 65.2 Å². The number of anilines is 1. The average molecular weight is 610 g/mol. The van der Waals surface area contributed by atoms with Crippen LogP contribution in [0.5, 0.6) is 0 Å². The fourth-order valence-electron chi connectivity index (χ4n) is 4.59. The zero-order chi connectivity index (χ0) is 30.4. The Morgan fingerprint density at radius 1 is 1.02 bits per heavy atom. The van der Waals surface area contributed by atoms with Crippen molar-refractivity contribution >= 4 is 41.0 Å². The lowest BCUT2D eigenvalue weighted by atomic mass is 9.98. The van der Waals surface area contributed by atoms with Crippen LogP contribution in [0.25, 0.3) is 5.69 Å². The van der Waals surface area contributed by atoms with Crippen molar-refractivity contribution in [3.63, 3.8) is 0 Å². The molecule has 0 aliphatic carbocycles. The highest BCUT2D eigenvalue weighted by molar-refractivity contribution is 6.33. The number of carbonyl (C=O) groups is 2. The van der Waals surface area contributed by atoms with Gasteiger partial charge in [-0.1, -0.05) is 23.2 Å². The fraction of sp³-hybridized carbons (Fsp3) is 0.357. The van der Waals surface area contributed by atoms with E-state index in [1.165, 1.54) is 34.7 Å². The topological polar surface area (TPSA) is 96.3 Å². The molecule has 0 spiro atoms. The molecule has 0 bridgehead atoms. The van der Waals surface area contributed by atoms with Gasteiger partial charge in [0, 0.05) is 35.3 Å². The Morgan fingerprint density at radius 2 is 1.68 bits per heavy atom. The molecule has 0 fully saturated rings. The summed E-state index contributed by atoms with van der Waals surface area (Å²) in [5, 5.41) is 5.37. The molecule has 13 heteroatoms. The number of benzene rings is 2. The molecule has 0 unspecified atom stereocenters. The van der Waals surface area contributed by atoms with E-state index in [4.69, 9.17) is 28.2 Å². The molecule has 0 saturated carbocycles. The number of amides is 2. The molecule has 3 aromatic rings. The van der Waals surface area contributed by atoms with Gasteiger partial charge in [0.2, 0.25) is 5.95 Å². The highest BCUT2D eigenvalue weighted by atomic mass is 35.5. The summed E-state index contributed by atoms with van der Waals surface area (Å²) in [6.07, 6.45) is -4.62. The van der Waals surface area contributed by atoms with Crippen LogP contribution < -0.4 is 16.2 Å². The van der Waals surface area contributed by atoms with Crippen molar-refractivity contribution in [2.24, 2.45) is 0 Å². The number of hydrogen-bond acceptors (Lipinski definition) is 5. The standard InChI is InChI=1S/C28H28Cl2F3N5O3/c1-14-10-17-21(13-37(14)24(40)16-6-8-19(29)18(11-16)28(31,32)33)35-26(36-27(2,3)4)38(25(17)41)22-9-7-15(12-20(22)30)23(39)34-5/h6-9,11-12,14H,10,13H2,1-5H3,(H,34,39)(H,35,36)/t14-/m1/s1. The van der Waals surface area contributed by atoms with Crippen LogP contribution >= 0.6 is 23.2 Å². The lowest BCUT2D eigenvalue weighted by Gasteiger charge is -2.35. The Kier molecular flexibility index (Phi) is 8.17. The van der Waals surface area contributed by atoms with Crippen molar-refractivity contribution in [2.45, 2.75) is 58.4 Å². The van der Waals surface area contributed by atoms with E-state index >= 15 is 0 Å². The van der Waals surface area contributed by atoms with Gasteiger partial charge in [-0.2, -0.15) is 13.2 Å². The third kappa shape index (κ3) is 6.20. The zero-order valence-electron chi connectivity index (χ0n) is 22.9. The molecule has 0 saturated heterocycles. The van der Waals surface area contributed by atoms with E-state index in [-0.39, 0.29) is 35.4 Å². The molecule has 41 heavy (non-hydrogen) atoms. The normalized spacial score (nSPS) is 15.4. The van der Waals surface area contributed by atoms with Crippen LogP contribution in [-0.4, -0.2) is 44.9 Å². The van der Waals surface area contributed by atoms with Gasteiger partial charge >= 0.3 is 6.18 Å². The van der Waals surface area contributed by atoms with E-state index in [2.05, 4.69) is 10.6 Å². The first-order valence-corrected chi connectivity index (χ1v) is 13.4. The third-order valence-electron chi connectivity index (χ3n) is 6.56. The van der Waals surface area contributed by atoms with Crippen LogP contribution in [0.2, 0.25) is 10.0 Å². The molecule has 2 aromatic carbocycles. The Labute approximate surface area is 244 Å². The SMILES string of the molecule is CNC(=O)c1ccc(-n2c(NC(C)(C)C)nc3c(c2=O)C[C@@H](C)N(C(=O)c2ccc(Cl)c(C(F)(F)F)c2)C3)c(Cl)c1. The Morgan fingerprint density at radius 3 is 2.27 bits per heavy atom. The predicted molar refractivity (Wildman–Crippen MR) is 151 cm³/mol. The summed E-state index contributed by atoms with van der Waals surface area (Å²) in [5.74, 6) is -0.831. The maximum absolute atomic E-state index is 13.9. The number of rotatable bonds is 4. The molecule has 8 nitrogen and oxygen atoms in total. The maximum atomic E-state index is 13.9. The molecule has 0 radical (unpaired) electrons. The van der Waals surface area contributed by atoms with Crippen molar-refractivity contribution in [2.75, 3.05) is 12.4 Å². The summed E-state index contributed by atoms with van der Waals surface area (Å²) in [4.78, 5) is 45.5. The van der Waals surface area contributed by atoms with Crippen molar-refractivity contribution in [1.82, 2.24) is 19.8 Å². The second-order valence-electron chi connectivity index (χ2n) is 10.8. The third-order valence-corrected chi connectivity index (χ3v) is 7.19. The molecular formula is C28H28Cl2F3N5O3. The quantitative estimate of drug-likeness (QED) is 0.395. The van der Waals surface area contributed by atoms with Gasteiger partial charge < -0.3 is 15.5 Å². The maximum Gasteiger partial charge on any atom is 0.417 e. The highest BCUT2D eigenvalue weighted by Crippen LogP contribution is 2.36. The van der Waals surface area contributed by atoms with Crippen LogP contribution in [0.15, 0.2) is 41.2 Å². The highest BCUT2D eigenvalue weighted by Gasteiger charge is 2.36. The summed E-state index contributed by atoms with van der Waals surface area (Å²) >= 11 is 12.3. The van der Waals surface area contributed by atoms with E-state index in [1.807, 2.05) is 20.8 Å². The van der Waals surface area contributed by atoms with E-state index in [1.54, 1.807) is 13.0 Å². The summed E-state index contributed by atoms with van der Waals surface area (Å²) in [6.45, 7) is 7.22. The van der Waals surface area contributed by atoms with Crippen molar-refractivity contribution < 1.29 is 22.8 Å². The molecule has 1 atom stereocenters. The average Bonchev–Trinajstić information content (AvgIpc) is 2.87. The van der Waals surface area contributed by atoms with E-state index in [9.17, 15) is 27.6 Å². The molecule has 218 valence electrons. The smallest absolute Gasteiger partial charge is 0.355 e. The summed E-state index contributed by atoms with van der Waals surface area (Å²) in [5.41, 5.74) is -0.970. The van der Waals surface area contributed by atoms with Crippen LogP contribution in [0.3, 0.4) is 0 Å². The van der Waals surface area contributed by atoms with Crippen LogP contribution in [-0.2, 0) is 19.1 Å². The Hall–Kier alpha value is -3.57. The molecule has 1 aromatic heterocycles. The second-order valence-corrected chi connectivity index (χ2v) is 11.6. The molecule has 4 rings (SSSR count). The van der Waals surface area contributed by atoms with Gasteiger partial charge in [0.25, 0.3) is 17.4 Å². The van der Waals surface area contributed by atoms with Crippen LogP contribution in [0.4, 0.5) is 19.1 Å². The number of fused-ring (bicyclic) bond motifs is 1. The second kappa shape index (κ2) is 11.0. The van der Waals surface area contributed by atoms with Gasteiger partial charge in [-0.15, -0.1) is 0 Å². The molecule has 2 amide bonds. The lowest BCUT2D eigenvalue weighted by Crippen LogP contribution is -2.46. The van der Waals surface area contributed by atoms with Gasteiger partial charge in [0.15, 0.2) is 0 Å². The monoisotopic (exact) mass is 609 g/mol. The minimum Gasteiger partial charge on any atom is -0.355 e. The van der Waals surface area contributed by atoms with Crippen molar-refractivity contribution in [3.8, 4) is 5.69 Å². The van der Waals surface area contributed by atoms with Gasteiger partial charge in [0.05, 0.1) is 33.5 Å². The number of nitrogens with zero attached hydrogens (tertiary/aromatic N) is 3. The van der Waals surface area contributed by atoms with Gasteiger partial charge in [0.1, 0.15) is 0 Å². The number of aromatic nitrogens is 2. The Bertz CT molecular complexity index is 1600. The first-order chi connectivity index (χ1) is 19.0. The molecular weight excluding hydrogens is 582 g/mol. The number of nitrogens with one attached hydrogen (secondary N) is 2. The van der Waals surface area contributed by atoms with Crippen molar-refractivity contribution in [1.29, 1.82) is 0 Å². The Balaban J connectivity index is 1.80. The molecule has 1 aliphatic heterocycles. The minimum atomic E-state index is -4.73. The largest absolute Gasteiger partial charge is 0.417 e. The van der Waals surface area contributed by atoms with Crippen molar-refractivity contribution in [3.05, 3.63) is 84.7 Å². The number of alkyl halides is 3. The summed E-state index contributed by atoms with van der Waals surface area (Å²) < 4.78 is 41.6. The minimum absolute atomic E-state index is 0.0996. The summed E-state index contributed by atoms with van der Waals surface area (Å²) in [7, 11) is 1.49. The molecule has 2 N–H and O–H groups in total. The number of hydrogen-bond donors (Lipinski definition) is 2. The van der Waals surface area contributed by atoms with Crippen LogP contribution in [0, 0.1) is 0 Å². The van der Waals surface area contributed by atoms with Gasteiger partial charge in [-0.25, -0.2) is 9.55 Å². The summed E-state index contributed by atoms with van der Waals surface area (Å²) in [6, 6.07) is 7.03. The zero-order valence-corrected chi connectivity index (χ0v) is 24.4. The fourth-order valence-corrected chi connectivity index (χ4v) is 5.08. The van der Waals surface area contributed by atoms with E-state index in [0.29, 0.717) is 22.5 Å². The lowest BCUT2D eigenvalue weighted by molar-refractivity contribution is -0.137. The predicted octanol–water partition coefficient (Wildman–Crippen LogP) is 5.72.